The van der Waals surface area contributed by atoms with E-state index in [-0.39, 0.29) is 12.0 Å². The molecule has 3 heterocycles. The van der Waals surface area contributed by atoms with Gasteiger partial charge in [-0.15, -0.1) is 0 Å². The highest BCUT2D eigenvalue weighted by Gasteiger charge is 2.25. The summed E-state index contributed by atoms with van der Waals surface area (Å²) in [5.41, 5.74) is 0.942. The fourth-order valence-electron chi connectivity index (χ4n) is 3.77. The van der Waals surface area contributed by atoms with Crippen LogP contribution < -0.4 is 0 Å². The predicted molar refractivity (Wildman–Crippen MR) is 94.4 cm³/mol. The predicted octanol–water partition coefficient (Wildman–Crippen LogP) is 1.94. The zero-order chi connectivity index (χ0) is 17.6. The molecular weight excluding hydrogens is 320 g/mol. The van der Waals surface area contributed by atoms with E-state index in [2.05, 4.69) is 18.7 Å². The molecule has 25 heavy (non-hydrogen) atoms. The summed E-state index contributed by atoms with van der Waals surface area (Å²) < 4.78 is 16.8. The lowest BCUT2D eigenvalue weighted by atomic mass is 10.1. The molecular formula is C19H30N2O4. The molecule has 6 heteroatoms. The van der Waals surface area contributed by atoms with E-state index < -0.39 is 0 Å². The first-order chi connectivity index (χ1) is 12.1. The summed E-state index contributed by atoms with van der Waals surface area (Å²) in [7, 11) is 0. The van der Waals surface area contributed by atoms with Crippen molar-refractivity contribution in [1.82, 2.24) is 9.80 Å². The number of carbonyl (C=O) groups excluding carboxylic acids is 1. The Morgan fingerprint density at radius 3 is 2.60 bits per heavy atom. The summed E-state index contributed by atoms with van der Waals surface area (Å²) in [4.78, 5) is 16.6. The topological polar surface area (TPSA) is 55.2 Å². The summed E-state index contributed by atoms with van der Waals surface area (Å²) in [6, 6.07) is 1.85. The molecule has 2 atom stereocenters. The summed E-state index contributed by atoms with van der Waals surface area (Å²) in [5.74, 6) is 0.177. The molecule has 1 aromatic rings. The Morgan fingerprint density at radius 2 is 1.96 bits per heavy atom. The quantitative estimate of drug-likeness (QED) is 0.785. The van der Waals surface area contributed by atoms with Crippen LogP contribution >= 0.6 is 0 Å². The molecule has 0 N–H and O–H groups in total. The lowest BCUT2D eigenvalue weighted by Gasteiger charge is -2.36. The van der Waals surface area contributed by atoms with E-state index in [0.29, 0.717) is 18.6 Å². The van der Waals surface area contributed by atoms with Crippen molar-refractivity contribution >= 4 is 5.91 Å². The largest absolute Gasteiger partial charge is 0.472 e. The highest BCUT2D eigenvalue weighted by atomic mass is 16.5. The van der Waals surface area contributed by atoms with Gasteiger partial charge in [0.05, 0.1) is 43.9 Å². The maximum absolute atomic E-state index is 12.3. The lowest BCUT2D eigenvalue weighted by molar-refractivity contribution is -0.133. The SMILES string of the molecule is CC1CN(CCOC2CCN(C(=O)Cc3ccoc3)CC2)CC(C)O1. The fraction of sp³-hybridized carbons (Fsp3) is 0.737. The van der Waals surface area contributed by atoms with E-state index in [1.54, 1.807) is 12.5 Å². The van der Waals surface area contributed by atoms with Crippen molar-refractivity contribution in [1.29, 1.82) is 0 Å². The highest BCUT2D eigenvalue weighted by molar-refractivity contribution is 5.78. The molecule has 140 valence electrons. The molecule has 2 aliphatic heterocycles. The van der Waals surface area contributed by atoms with E-state index in [1.165, 1.54) is 0 Å². The third-order valence-corrected chi connectivity index (χ3v) is 4.99. The Bertz CT molecular complexity index is 516. The number of morpholine rings is 1. The van der Waals surface area contributed by atoms with Crippen LogP contribution in [0.5, 0.6) is 0 Å². The van der Waals surface area contributed by atoms with Crippen LogP contribution in [0.4, 0.5) is 0 Å². The molecule has 0 spiro atoms. The molecule has 2 fully saturated rings. The Hall–Kier alpha value is -1.37. The monoisotopic (exact) mass is 350 g/mol. The molecule has 0 radical (unpaired) electrons. The fourth-order valence-corrected chi connectivity index (χ4v) is 3.77. The van der Waals surface area contributed by atoms with Crippen LogP contribution in [-0.2, 0) is 20.7 Å². The Morgan fingerprint density at radius 1 is 1.24 bits per heavy atom. The van der Waals surface area contributed by atoms with E-state index >= 15 is 0 Å². The number of ether oxygens (including phenoxy) is 2. The van der Waals surface area contributed by atoms with Gasteiger partial charge in [-0.25, -0.2) is 0 Å². The van der Waals surface area contributed by atoms with Gasteiger partial charge in [-0.1, -0.05) is 0 Å². The van der Waals surface area contributed by atoms with E-state index in [0.717, 1.165) is 57.7 Å². The molecule has 0 saturated carbocycles. The molecule has 6 nitrogen and oxygen atoms in total. The highest BCUT2D eigenvalue weighted by Crippen LogP contribution is 2.16. The third-order valence-electron chi connectivity index (χ3n) is 4.99. The number of carbonyl (C=O) groups is 1. The van der Waals surface area contributed by atoms with Gasteiger partial charge in [-0.05, 0) is 38.3 Å². The molecule has 1 amide bonds. The van der Waals surface area contributed by atoms with E-state index in [1.807, 2.05) is 11.0 Å². The second kappa shape index (κ2) is 8.83. The van der Waals surface area contributed by atoms with Gasteiger partial charge < -0.3 is 18.8 Å². The zero-order valence-electron chi connectivity index (χ0n) is 15.4. The first-order valence-corrected chi connectivity index (χ1v) is 9.38. The van der Waals surface area contributed by atoms with Gasteiger partial charge in [0.1, 0.15) is 0 Å². The van der Waals surface area contributed by atoms with Crippen molar-refractivity contribution in [3.8, 4) is 0 Å². The molecule has 1 aromatic heterocycles. The van der Waals surface area contributed by atoms with Crippen LogP contribution in [0.1, 0.15) is 32.3 Å². The van der Waals surface area contributed by atoms with Gasteiger partial charge in [-0.3, -0.25) is 9.69 Å². The second-order valence-electron chi connectivity index (χ2n) is 7.28. The molecule has 3 rings (SSSR count). The lowest BCUT2D eigenvalue weighted by Crippen LogP contribution is -2.47. The van der Waals surface area contributed by atoms with E-state index in [4.69, 9.17) is 13.9 Å². The van der Waals surface area contributed by atoms with Gasteiger partial charge in [-0.2, -0.15) is 0 Å². The number of rotatable bonds is 6. The number of amides is 1. The van der Waals surface area contributed by atoms with Gasteiger partial charge in [0, 0.05) is 32.7 Å². The summed E-state index contributed by atoms with van der Waals surface area (Å²) in [5, 5.41) is 0. The Kier molecular flexibility index (Phi) is 6.51. The summed E-state index contributed by atoms with van der Waals surface area (Å²) in [6.45, 7) is 9.49. The minimum atomic E-state index is 0.177. The van der Waals surface area contributed by atoms with Crippen LogP contribution in [0.15, 0.2) is 23.0 Å². The van der Waals surface area contributed by atoms with Crippen molar-refractivity contribution in [2.45, 2.75) is 51.4 Å². The summed E-state index contributed by atoms with van der Waals surface area (Å²) >= 11 is 0. The van der Waals surface area contributed by atoms with Gasteiger partial charge >= 0.3 is 0 Å². The number of nitrogens with zero attached hydrogens (tertiary/aromatic N) is 2. The molecule has 2 aliphatic rings. The van der Waals surface area contributed by atoms with Crippen LogP contribution in [0.3, 0.4) is 0 Å². The maximum Gasteiger partial charge on any atom is 0.227 e. The van der Waals surface area contributed by atoms with Crippen molar-refractivity contribution in [3.63, 3.8) is 0 Å². The molecule has 0 aromatic carbocycles. The van der Waals surface area contributed by atoms with Gasteiger partial charge in [0.25, 0.3) is 0 Å². The van der Waals surface area contributed by atoms with Crippen LogP contribution in [0, 0.1) is 0 Å². The summed E-state index contributed by atoms with van der Waals surface area (Å²) in [6.07, 6.45) is 6.39. The molecule has 2 unspecified atom stereocenters. The number of hydrogen-bond acceptors (Lipinski definition) is 5. The van der Waals surface area contributed by atoms with Crippen LogP contribution in [0.25, 0.3) is 0 Å². The Balaban J connectivity index is 1.32. The zero-order valence-corrected chi connectivity index (χ0v) is 15.4. The van der Waals surface area contributed by atoms with Crippen LogP contribution in [-0.4, -0.2) is 73.3 Å². The van der Waals surface area contributed by atoms with Crippen molar-refractivity contribution in [2.75, 3.05) is 39.3 Å². The van der Waals surface area contributed by atoms with E-state index in [9.17, 15) is 4.79 Å². The minimum absolute atomic E-state index is 0.177. The molecule has 0 aliphatic carbocycles. The third kappa shape index (κ3) is 5.56. The average molecular weight is 350 g/mol. The second-order valence-corrected chi connectivity index (χ2v) is 7.28. The van der Waals surface area contributed by atoms with Crippen molar-refractivity contribution < 1.29 is 18.7 Å². The number of furan rings is 1. The molecule has 2 saturated heterocycles. The number of hydrogen-bond donors (Lipinski definition) is 0. The maximum atomic E-state index is 12.3. The standard InChI is InChI=1S/C19H30N2O4/c1-15-12-20(13-16(2)25-15)8-10-24-18-3-6-21(7-4-18)19(22)11-17-5-9-23-14-17/h5,9,14-16,18H,3-4,6-8,10-13H2,1-2H3. The normalized spacial score (nSPS) is 26.1. The van der Waals surface area contributed by atoms with Gasteiger partial charge in [0.15, 0.2) is 0 Å². The first-order valence-electron chi connectivity index (χ1n) is 9.38. The van der Waals surface area contributed by atoms with Crippen LogP contribution in [0.2, 0.25) is 0 Å². The average Bonchev–Trinajstić information content (AvgIpc) is 3.07. The molecule has 0 bridgehead atoms. The Labute approximate surface area is 150 Å². The van der Waals surface area contributed by atoms with Crippen molar-refractivity contribution in [3.05, 3.63) is 24.2 Å². The number of piperidine rings is 1. The van der Waals surface area contributed by atoms with Gasteiger partial charge in [0.2, 0.25) is 5.91 Å². The van der Waals surface area contributed by atoms with Crippen molar-refractivity contribution in [2.24, 2.45) is 0 Å². The first kappa shape index (κ1) is 18.4. The number of likely N-dealkylation sites (tertiary alicyclic amines) is 1. The minimum Gasteiger partial charge on any atom is -0.472 e. The smallest absolute Gasteiger partial charge is 0.227 e.